The lowest BCUT2D eigenvalue weighted by atomic mass is 10.1. The van der Waals surface area contributed by atoms with E-state index in [0.29, 0.717) is 10.2 Å². The summed E-state index contributed by atoms with van der Waals surface area (Å²) in [7, 11) is 0. The molecule has 1 aliphatic rings. The lowest BCUT2D eigenvalue weighted by Gasteiger charge is -2.29. The number of aromatic nitrogens is 1. The molecule has 21 heavy (non-hydrogen) atoms. The van der Waals surface area contributed by atoms with Gasteiger partial charge >= 0.3 is 5.97 Å². The molecular formula is C13H14BrClN2O3S. The summed E-state index contributed by atoms with van der Waals surface area (Å²) in [6.07, 6.45) is 1.49. The van der Waals surface area contributed by atoms with Crippen LogP contribution in [0, 0.1) is 5.92 Å². The Morgan fingerprint density at radius 1 is 1.57 bits per heavy atom. The first kappa shape index (κ1) is 16.6. The molecule has 1 fully saturated rings. The molecule has 0 aliphatic carbocycles. The van der Waals surface area contributed by atoms with Gasteiger partial charge in [0.2, 0.25) is 0 Å². The maximum Gasteiger partial charge on any atom is 0.327 e. The number of carboxylic acid groups (broad SMARTS) is 1. The number of nitrogens with zero attached hydrogens (tertiary/aromatic N) is 2. The molecule has 1 N–H and O–H groups in total. The van der Waals surface area contributed by atoms with Crippen LogP contribution in [0.3, 0.4) is 0 Å². The highest BCUT2D eigenvalue weighted by atomic mass is 79.9. The van der Waals surface area contributed by atoms with Crippen LogP contribution in [0.4, 0.5) is 0 Å². The summed E-state index contributed by atoms with van der Waals surface area (Å²) in [5, 5.41) is 9.23. The van der Waals surface area contributed by atoms with Gasteiger partial charge in [-0.1, -0.05) is 25.4 Å². The second-order valence-electron chi connectivity index (χ2n) is 5.03. The van der Waals surface area contributed by atoms with Crippen LogP contribution in [0.2, 0.25) is 5.15 Å². The van der Waals surface area contributed by atoms with Crippen molar-refractivity contribution < 1.29 is 14.7 Å². The lowest BCUT2D eigenvalue weighted by molar-refractivity contribution is -0.141. The maximum atomic E-state index is 12.8. The zero-order valence-corrected chi connectivity index (χ0v) is 14.6. The predicted octanol–water partition coefficient (Wildman–Crippen LogP) is 3.12. The first-order valence-electron chi connectivity index (χ1n) is 6.31. The second-order valence-corrected chi connectivity index (χ2v) is 7.45. The van der Waals surface area contributed by atoms with Crippen molar-refractivity contribution in [1.82, 2.24) is 9.88 Å². The quantitative estimate of drug-likeness (QED) is 0.799. The van der Waals surface area contributed by atoms with Crippen LogP contribution in [-0.2, 0) is 4.79 Å². The molecule has 2 unspecified atom stereocenters. The Balaban J connectivity index is 2.41. The molecule has 0 spiro atoms. The fraction of sp³-hybridized carbons (Fsp3) is 0.462. The van der Waals surface area contributed by atoms with Crippen molar-refractivity contribution >= 4 is 51.2 Å². The van der Waals surface area contributed by atoms with Gasteiger partial charge in [-0.3, -0.25) is 4.79 Å². The summed E-state index contributed by atoms with van der Waals surface area (Å²) in [5.74, 6) is -0.881. The van der Waals surface area contributed by atoms with Crippen LogP contribution < -0.4 is 0 Å². The monoisotopic (exact) mass is 392 g/mol. The van der Waals surface area contributed by atoms with Crippen LogP contribution in [0.25, 0.3) is 0 Å². The number of carbonyl (C=O) groups excluding carboxylic acids is 1. The minimum atomic E-state index is -1.00. The number of rotatable bonds is 3. The van der Waals surface area contributed by atoms with Gasteiger partial charge in [-0.15, -0.1) is 11.8 Å². The number of carboxylic acids is 1. The molecule has 1 aliphatic heterocycles. The van der Waals surface area contributed by atoms with E-state index in [4.69, 9.17) is 11.6 Å². The van der Waals surface area contributed by atoms with Crippen LogP contribution in [0.15, 0.2) is 16.7 Å². The molecule has 0 bridgehead atoms. The predicted molar refractivity (Wildman–Crippen MR) is 85.6 cm³/mol. The van der Waals surface area contributed by atoms with Gasteiger partial charge < -0.3 is 10.0 Å². The number of hydrogen-bond acceptors (Lipinski definition) is 4. The number of thioether (sulfide) groups is 1. The minimum absolute atomic E-state index is 0.0757. The highest BCUT2D eigenvalue weighted by molar-refractivity contribution is 9.10. The van der Waals surface area contributed by atoms with Crippen LogP contribution >= 0.6 is 39.3 Å². The van der Waals surface area contributed by atoms with E-state index in [1.54, 1.807) is 6.07 Å². The van der Waals surface area contributed by atoms with Gasteiger partial charge in [-0.2, -0.15) is 0 Å². The fourth-order valence-electron chi connectivity index (χ4n) is 2.20. The highest BCUT2D eigenvalue weighted by Gasteiger charge is 2.43. The maximum absolute atomic E-state index is 12.8. The molecule has 1 saturated heterocycles. The molecule has 8 heteroatoms. The number of pyridine rings is 1. The molecule has 1 aromatic heterocycles. The third-order valence-electron chi connectivity index (χ3n) is 3.16. The molecule has 2 atom stereocenters. The Bertz CT molecular complexity index is 585. The van der Waals surface area contributed by atoms with E-state index in [1.165, 1.54) is 22.9 Å². The molecule has 0 aromatic carbocycles. The first-order valence-corrected chi connectivity index (χ1v) is 8.53. The largest absolute Gasteiger partial charge is 0.480 e. The van der Waals surface area contributed by atoms with Crippen molar-refractivity contribution in [2.24, 2.45) is 5.92 Å². The van der Waals surface area contributed by atoms with Crippen molar-refractivity contribution in [3.05, 3.63) is 27.5 Å². The van der Waals surface area contributed by atoms with E-state index in [9.17, 15) is 14.7 Å². The van der Waals surface area contributed by atoms with E-state index >= 15 is 0 Å². The summed E-state index contributed by atoms with van der Waals surface area (Å²) in [6.45, 7) is 3.92. The summed E-state index contributed by atoms with van der Waals surface area (Å²) in [4.78, 5) is 29.5. The van der Waals surface area contributed by atoms with Crippen molar-refractivity contribution in [1.29, 1.82) is 0 Å². The van der Waals surface area contributed by atoms with Crippen molar-refractivity contribution in [3.8, 4) is 0 Å². The van der Waals surface area contributed by atoms with Crippen molar-refractivity contribution in [2.45, 2.75) is 25.3 Å². The Labute approximate surface area is 140 Å². The van der Waals surface area contributed by atoms with E-state index in [2.05, 4.69) is 20.9 Å². The van der Waals surface area contributed by atoms with Gasteiger partial charge in [-0.25, -0.2) is 9.78 Å². The van der Waals surface area contributed by atoms with Crippen LogP contribution in [0.1, 0.15) is 24.2 Å². The molecular weight excluding hydrogens is 380 g/mol. The smallest absolute Gasteiger partial charge is 0.327 e. The van der Waals surface area contributed by atoms with E-state index < -0.39 is 17.9 Å². The summed E-state index contributed by atoms with van der Waals surface area (Å²) >= 11 is 10.7. The summed E-state index contributed by atoms with van der Waals surface area (Å²) in [5.41, 5.74) is 0.213. The number of carbonyl (C=O) groups is 2. The van der Waals surface area contributed by atoms with Gasteiger partial charge in [0, 0.05) is 16.4 Å². The van der Waals surface area contributed by atoms with E-state index in [1.807, 2.05) is 13.8 Å². The van der Waals surface area contributed by atoms with Gasteiger partial charge in [0.15, 0.2) is 0 Å². The summed E-state index contributed by atoms with van der Waals surface area (Å²) < 4.78 is 0.620. The third-order valence-corrected chi connectivity index (χ3v) is 5.52. The number of amides is 1. The number of halogens is 2. The van der Waals surface area contributed by atoms with Crippen molar-refractivity contribution in [2.75, 3.05) is 5.75 Å². The summed E-state index contributed by atoms with van der Waals surface area (Å²) in [6, 6.07) is 0.724. The zero-order valence-electron chi connectivity index (χ0n) is 11.4. The van der Waals surface area contributed by atoms with Gasteiger partial charge in [0.25, 0.3) is 5.91 Å². The normalized spacial score (nSPS) is 21.9. The number of aliphatic carboxylic acids is 1. The zero-order chi connectivity index (χ0) is 15.7. The molecule has 0 saturated carbocycles. The highest BCUT2D eigenvalue weighted by Crippen LogP contribution is 2.36. The molecule has 2 rings (SSSR count). The van der Waals surface area contributed by atoms with Crippen LogP contribution in [-0.4, -0.2) is 44.0 Å². The second kappa shape index (κ2) is 6.54. The Hall–Kier alpha value is -0.790. The first-order chi connectivity index (χ1) is 9.82. The fourth-order valence-corrected chi connectivity index (χ4v) is 4.19. The Morgan fingerprint density at radius 2 is 2.24 bits per heavy atom. The van der Waals surface area contributed by atoms with Crippen molar-refractivity contribution in [3.63, 3.8) is 0 Å². The topological polar surface area (TPSA) is 70.5 Å². The third kappa shape index (κ3) is 3.35. The van der Waals surface area contributed by atoms with E-state index in [-0.39, 0.29) is 22.0 Å². The average Bonchev–Trinajstić information content (AvgIpc) is 2.85. The SMILES string of the molecule is CC(C)C1SCC(C(=O)O)N1C(=O)c1cc(Br)cnc1Cl. The molecule has 5 nitrogen and oxygen atoms in total. The molecule has 1 aromatic rings. The minimum Gasteiger partial charge on any atom is -0.480 e. The molecule has 1 amide bonds. The van der Waals surface area contributed by atoms with Gasteiger partial charge in [-0.05, 0) is 27.9 Å². The Kier molecular flexibility index (Phi) is 5.16. The average molecular weight is 394 g/mol. The van der Waals surface area contributed by atoms with Gasteiger partial charge in [0.1, 0.15) is 11.2 Å². The van der Waals surface area contributed by atoms with Gasteiger partial charge in [0.05, 0.1) is 10.9 Å². The molecule has 114 valence electrons. The lowest BCUT2D eigenvalue weighted by Crippen LogP contribution is -2.47. The Morgan fingerprint density at radius 3 is 2.81 bits per heavy atom. The molecule has 0 radical (unpaired) electrons. The number of hydrogen-bond donors (Lipinski definition) is 1. The molecule has 2 heterocycles. The van der Waals surface area contributed by atoms with E-state index in [0.717, 1.165) is 0 Å². The standard InChI is InChI=1S/C13H14BrClN2O3S/c1-6(2)12-17(9(5-21-12)13(19)20)11(18)8-3-7(14)4-16-10(8)15/h3-4,6,9,12H,5H2,1-2H3,(H,19,20). The van der Waals surface area contributed by atoms with Crippen LogP contribution in [0.5, 0.6) is 0 Å².